The lowest BCUT2D eigenvalue weighted by Gasteiger charge is -2.30. The molecule has 2 saturated heterocycles. The SMILES string of the molecule is Cc1ccc(N2C[C@H](NC(=O)N3CCC(O)CC3)CC2=O)cc1. The van der Waals surface area contributed by atoms with Gasteiger partial charge in [-0.1, -0.05) is 17.7 Å². The molecule has 3 amide bonds. The summed E-state index contributed by atoms with van der Waals surface area (Å²) in [5.74, 6) is 0.0354. The van der Waals surface area contributed by atoms with E-state index in [1.165, 1.54) is 0 Å². The summed E-state index contributed by atoms with van der Waals surface area (Å²) in [5.41, 5.74) is 2.02. The first-order valence-electron chi connectivity index (χ1n) is 8.13. The maximum atomic E-state index is 12.3. The van der Waals surface area contributed by atoms with Crippen LogP contribution in [0.4, 0.5) is 10.5 Å². The largest absolute Gasteiger partial charge is 0.393 e. The number of hydrogen-bond acceptors (Lipinski definition) is 3. The standard InChI is InChI=1S/C17H23N3O3/c1-12-2-4-14(5-3-12)20-11-13(10-16(20)22)18-17(23)19-8-6-15(21)7-9-19/h2-5,13,15,21H,6-11H2,1H3,(H,18,23)/t13-/m1/s1. The van der Waals surface area contributed by atoms with Gasteiger partial charge in [-0.25, -0.2) is 4.79 Å². The Morgan fingerprint density at radius 3 is 2.52 bits per heavy atom. The third-order valence-electron chi connectivity index (χ3n) is 4.55. The molecule has 2 aliphatic rings. The molecule has 1 aromatic rings. The number of amides is 3. The van der Waals surface area contributed by atoms with Crippen LogP contribution in [-0.4, -0.2) is 53.7 Å². The Bertz CT molecular complexity index is 579. The quantitative estimate of drug-likeness (QED) is 0.863. The molecule has 0 spiro atoms. The highest BCUT2D eigenvalue weighted by Gasteiger charge is 2.33. The van der Waals surface area contributed by atoms with E-state index in [4.69, 9.17) is 0 Å². The van der Waals surface area contributed by atoms with E-state index in [2.05, 4.69) is 5.32 Å². The number of rotatable bonds is 2. The Balaban J connectivity index is 1.57. The van der Waals surface area contributed by atoms with Crippen LogP contribution in [0.15, 0.2) is 24.3 Å². The van der Waals surface area contributed by atoms with Crippen molar-refractivity contribution in [3.05, 3.63) is 29.8 Å². The van der Waals surface area contributed by atoms with E-state index < -0.39 is 0 Å². The zero-order valence-corrected chi connectivity index (χ0v) is 13.4. The highest BCUT2D eigenvalue weighted by molar-refractivity contribution is 5.96. The minimum atomic E-state index is -0.302. The highest BCUT2D eigenvalue weighted by atomic mass is 16.3. The van der Waals surface area contributed by atoms with Gasteiger partial charge in [-0.15, -0.1) is 0 Å². The molecule has 124 valence electrons. The maximum Gasteiger partial charge on any atom is 0.317 e. The fourth-order valence-corrected chi connectivity index (χ4v) is 3.11. The van der Waals surface area contributed by atoms with Crippen molar-refractivity contribution in [3.63, 3.8) is 0 Å². The number of anilines is 1. The van der Waals surface area contributed by atoms with Crippen molar-refractivity contribution >= 4 is 17.6 Å². The lowest BCUT2D eigenvalue weighted by molar-refractivity contribution is -0.117. The van der Waals surface area contributed by atoms with Crippen molar-refractivity contribution in [1.29, 1.82) is 0 Å². The average Bonchev–Trinajstić information content (AvgIpc) is 2.89. The molecule has 2 aliphatic heterocycles. The molecule has 0 radical (unpaired) electrons. The van der Waals surface area contributed by atoms with Gasteiger partial charge in [0, 0.05) is 31.7 Å². The molecule has 2 N–H and O–H groups in total. The number of urea groups is 1. The zero-order chi connectivity index (χ0) is 16.4. The molecule has 6 nitrogen and oxygen atoms in total. The smallest absolute Gasteiger partial charge is 0.317 e. The van der Waals surface area contributed by atoms with Crippen molar-refractivity contribution in [2.24, 2.45) is 0 Å². The Morgan fingerprint density at radius 2 is 1.87 bits per heavy atom. The van der Waals surface area contributed by atoms with Gasteiger partial charge in [0.05, 0.1) is 12.1 Å². The van der Waals surface area contributed by atoms with Gasteiger partial charge < -0.3 is 20.2 Å². The van der Waals surface area contributed by atoms with E-state index in [9.17, 15) is 14.7 Å². The first kappa shape index (κ1) is 15.8. The molecule has 0 bridgehead atoms. The number of likely N-dealkylation sites (tertiary alicyclic amines) is 1. The van der Waals surface area contributed by atoms with Crippen LogP contribution in [0.2, 0.25) is 0 Å². The summed E-state index contributed by atoms with van der Waals surface area (Å²) >= 11 is 0. The zero-order valence-electron chi connectivity index (χ0n) is 13.4. The molecular weight excluding hydrogens is 294 g/mol. The first-order chi connectivity index (χ1) is 11.0. The summed E-state index contributed by atoms with van der Waals surface area (Å²) in [6, 6.07) is 7.53. The molecule has 2 fully saturated rings. The van der Waals surface area contributed by atoms with E-state index in [-0.39, 0.29) is 24.1 Å². The van der Waals surface area contributed by atoms with E-state index in [0.717, 1.165) is 11.3 Å². The van der Waals surface area contributed by atoms with Gasteiger partial charge >= 0.3 is 6.03 Å². The fourth-order valence-electron chi connectivity index (χ4n) is 3.11. The lowest BCUT2D eigenvalue weighted by atomic mass is 10.1. The summed E-state index contributed by atoms with van der Waals surface area (Å²) in [7, 11) is 0. The van der Waals surface area contributed by atoms with Gasteiger partial charge in [-0.05, 0) is 31.9 Å². The van der Waals surface area contributed by atoms with Gasteiger partial charge in [0.15, 0.2) is 0 Å². The minimum absolute atomic E-state index is 0.0354. The number of carbonyl (C=O) groups is 2. The number of nitrogens with one attached hydrogen (secondary N) is 1. The molecule has 23 heavy (non-hydrogen) atoms. The summed E-state index contributed by atoms with van der Waals surface area (Å²) in [5, 5.41) is 12.4. The highest BCUT2D eigenvalue weighted by Crippen LogP contribution is 2.22. The average molecular weight is 317 g/mol. The molecule has 0 unspecified atom stereocenters. The number of hydrogen-bond donors (Lipinski definition) is 2. The van der Waals surface area contributed by atoms with Crippen LogP contribution in [0, 0.1) is 6.92 Å². The molecular formula is C17H23N3O3. The molecule has 0 saturated carbocycles. The minimum Gasteiger partial charge on any atom is -0.393 e. The number of aryl methyl sites for hydroxylation is 1. The summed E-state index contributed by atoms with van der Waals surface area (Å²) in [4.78, 5) is 27.9. The molecule has 0 aromatic heterocycles. The van der Waals surface area contributed by atoms with E-state index in [1.807, 2.05) is 31.2 Å². The van der Waals surface area contributed by atoms with Crippen LogP contribution >= 0.6 is 0 Å². The fraction of sp³-hybridized carbons (Fsp3) is 0.529. The Labute approximate surface area is 136 Å². The van der Waals surface area contributed by atoms with Crippen molar-refractivity contribution in [3.8, 4) is 0 Å². The molecule has 3 rings (SSSR count). The Kier molecular flexibility index (Phi) is 4.52. The second-order valence-corrected chi connectivity index (χ2v) is 6.41. The number of aliphatic hydroxyl groups is 1. The van der Waals surface area contributed by atoms with E-state index >= 15 is 0 Å². The normalized spacial score (nSPS) is 22.5. The van der Waals surface area contributed by atoms with Crippen LogP contribution in [0.25, 0.3) is 0 Å². The maximum absolute atomic E-state index is 12.3. The number of benzene rings is 1. The number of carbonyl (C=O) groups excluding carboxylic acids is 2. The summed E-state index contributed by atoms with van der Waals surface area (Å²) in [6.07, 6.45) is 1.26. The third kappa shape index (κ3) is 3.64. The van der Waals surface area contributed by atoms with Crippen LogP contribution < -0.4 is 10.2 Å². The molecule has 0 aliphatic carbocycles. The van der Waals surface area contributed by atoms with Gasteiger partial charge in [0.2, 0.25) is 5.91 Å². The van der Waals surface area contributed by atoms with Crippen molar-refractivity contribution in [1.82, 2.24) is 10.2 Å². The van der Waals surface area contributed by atoms with Gasteiger partial charge in [0.1, 0.15) is 0 Å². The van der Waals surface area contributed by atoms with Crippen molar-refractivity contribution < 1.29 is 14.7 Å². The first-order valence-corrected chi connectivity index (χ1v) is 8.13. The lowest BCUT2D eigenvalue weighted by Crippen LogP contribution is -2.49. The molecule has 6 heteroatoms. The van der Waals surface area contributed by atoms with Gasteiger partial charge in [-0.3, -0.25) is 4.79 Å². The predicted molar refractivity (Wildman–Crippen MR) is 87.3 cm³/mol. The Morgan fingerprint density at radius 1 is 1.22 bits per heavy atom. The predicted octanol–water partition coefficient (Wildman–Crippen LogP) is 1.27. The second kappa shape index (κ2) is 6.58. The van der Waals surface area contributed by atoms with Gasteiger partial charge in [0.25, 0.3) is 0 Å². The van der Waals surface area contributed by atoms with Crippen LogP contribution in [0.3, 0.4) is 0 Å². The number of piperidine rings is 1. The second-order valence-electron chi connectivity index (χ2n) is 6.41. The van der Waals surface area contributed by atoms with E-state index in [1.54, 1.807) is 9.80 Å². The number of aliphatic hydroxyl groups excluding tert-OH is 1. The monoisotopic (exact) mass is 317 g/mol. The van der Waals surface area contributed by atoms with Crippen LogP contribution in [0.1, 0.15) is 24.8 Å². The Hall–Kier alpha value is -2.08. The van der Waals surface area contributed by atoms with E-state index in [0.29, 0.717) is 38.9 Å². The summed E-state index contributed by atoms with van der Waals surface area (Å²) < 4.78 is 0. The molecule has 1 atom stereocenters. The van der Waals surface area contributed by atoms with Crippen LogP contribution in [-0.2, 0) is 4.79 Å². The topological polar surface area (TPSA) is 72.9 Å². The number of nitrogens with zero attached hydrogens (tertiary/aromatic N) is 2. The molecule has 2 heterocycles. The van der Waals surface area contributed by atoms with Crippen LogP contribution in [0.5, 0.6) is 0 Å². The van der Waals surface area contributed by atoms with Crippen molar-refractivity contribution in [2.45, 2.75) is 38.3 Å². The van der Waals surface area contributed by atoms with Crippen molar-refractivity contribution in [2.75, 3.05) is 24.5 Å². The molecule has 1 aromatic carbocycles. The third-order valence-corrected chi connectivity index (χ3v) is 4.55. The summed E-state index contributed by atoms with van der Waals surface area (Å²) in [6.45, 7) is 3.64. The van der Waals surface area contributed by atoms with Gasteiger partial charge in [-0.2, -0.15) is 0 Å².